The molecule has 18 heavy (non-hydrogen) atoms. The van der Waals surface area contributed by atoms with E-state index in [1.165, 1.54) is 36.1 Å². The SMILES string of the molecule is Cc1cc(C)cc(CN2CCCC2CC(C)O)c1. The van der Waals surface area contributed by atoms with Gasteiger partial charge >= 0.3 is 0 Å². The molecule has 0 radical (unpaired) electrons. The lowest BCUT2D eigenvalue weighted by atomic mass is 10.1. The van der Waals surface area contributed by atoms with Gasteiger partial charge < -0.3 is 5.11 Å². The Kier molecular flexibility index (Phi) is 4.41. The van der Waals surface area contributed by atoms with Crippen molar-refractivity contribution in [3.05, 3.63) is 34.9 Å². The number of aryl methyl sites for hydroxylation is 2. The molecular formula is C16H25NO. The van der Waals surface area contributed by atoms with E-state index in [1.54, 1.807) is 0 Å². The quantitative estimate of drug-likeness (QED) is 0.884. The molecule has 2 heteroatoms. The van der Waals surface area contributed by atoms with Gasteiger partial charge in [-0.3, -0.25) is 4.90 Å². The van der Waals surface area contributed by atoms with Crippen LogP contribution in [0.2, 0.25) is 0 Å². The zero-order chi connectivity index (χ0) is 13.1. The van der Waals surface area contributed by atoms with E-state index < -0.39 is 0 Å². The van der Waals surface area contributed by atoms with Gasteiger partial charge in [-0.25, -0.2) is 0 Å². The van der Waals surface area contributed by atoms with Crippen LogP contribution in [0.3, 0.4) is 0 Å². The van der Waals surface area contributed by atoms with Crippen molar-refractivity contribution >= 4 is 0 Å². The second-order valence-electron chi connectivity index (χ2n) is 5.85. The molecule has 1 N–H and O–H groups in total. The summed E-state index contributed by atoms with van der Waals surface area (Å²) in [5, 5.41) is 9.56. The molecular weight excluding hydrogens is 222 g/mol. The largest absolute Gasteiger partial charge is 0.393 e. The van der Waals surface area contributed by atoms with E-state index in [1.807, 2.05) is 6.92 Å². The highest BCUT2D eigenvalue weighted by Crippen LogP contribution is 2.24. The van der Waals surface area contributed by atoms with Crippen LogP contribution in [0, 0.1) is 13.8 Å². The van der Waals surface area contributed by atoms with Crippen LogP contribution in [0.4, 0.5) is 0 Å². The molecule has 0 aliphatic carbocycles. The number of aliphatic hydroxyl groups is 1. The number of benzene rings is 1. The van der Waals surface area contributed by atoms with Crippen LogP contribution in [-0.2, 0) is 6.54 Å². The highest BCUT2D eigenvalue weighted by molar-refractivity contribution is 5.28. The zero-order valence-electron chi connectivity index (χ0n) is 11.8. The van der Waals surface area contributed by atoms with Crippen LogP contribution in [0.1, 0.15) is 42.9 Å². The first-order valence-electron chi connectivity index (χ1n) is 7.04. The Bertz CT molecular complexity index is 380. The normalized spacial score (nSPS) is 22.3. The van der Waals surface area contributed by atoms with Gasteiger partial charge in [-0.05, 0) is 52.1 Å². The highest BCUT2D eigenvalue weighted by Gasteiger charge is 2.25. The molecule has 0 aromatic heterocycles. The third-order valence-corrected chi connectivity index (χ3v) is 3.78. The number of rotatable bonds is 4. The monoisotopic (exact) mass is 247 g/mol. The van der Waals surface area contributed by atoms with Crippen molar-refractivity contribution in [3.63, 3.8) is 0 Å². The molecule has 1 saturated heterocycles. The predicted octanol–water partition coefficient (Wildman–Crippen LogP) is 3.04. The molecule has 0 saturated carbocycles. The highest BCUT2D eigenvalue weighted by atomic mass is 16.3. The standard InChI is InChI=1S/C16H25NO/c1-12-7-13(2)9-15(8-12)11-17-6-4-5-16(17)10-14(3)18/h7-9,14,16,18H,4-6,10-11H2,1-3H3. The zero-order valence-corrected chi connectivity index (χ0v) is 11.8. The van der Waals surface area contributed by atoms with Gasteiger partial charge in [0.05, 0.1) is 6.10 Å². The van der Waals surface area contributed by atoms with Gasteiger partial charge in [0.25, 0.3) is 0 Å². The van der Waals surface area contributed by atoms with Gasteiger partial charge in [-0.1, -0.05) is 29.3 Å². The summed E-state index contributed by atoms with van der Waals surface area (Å²) >= 11 is 0. The number of nitrogens with zero attached hydrogens (tertiary/aromatic N) is 1. The van der Waals surface area contributed by atoms with E-state index in [4.69, 9.17) is 0 Å². The first-order chi connectivity index (χ1) is 8.54. The summed E-state index contributed by atoms with van der Waals surface area (Å²) in [6.45, 7) is 8.42. The van der Waals surface area contributed by atoms with E-state index in [9.17, 15) is 5.11 Å². The van der Waals surface area contributed by atoms with Gasteiger partial charge in [0.15, 0.2) is 0 Å². The summed E-state index contributed by atoms with van der Waals surface area (Å²) in [4.78, 5) is 2.53. The lowest BCUT2D eigenvalue weighted by molar-refractivity contribution is 0.131. The topological polar surface area (TPSA) is 23.5 Å². The third-order valence-electron chi connectivity index (χ3n) is 3.78. The molecule has 1 aliphatic rings. The molecule has 2 atom stereocenters. The van der Waals surface area contributed by atoms with Gasteiger partial charge in [0.2, 0.25) is 0 Å². The summed E-state index contributed by atoms with van der Waals surface area (Å²) in [5.74, 6) is 0. The third kappa shape index (κ3) is 3.56. The maximum atomic E-state index is 9.56. The van der Waals surface area contributed by atoms with Crippen molar-refractivity contribution in [2.75, 3.05) is 6.54 Å². The van der Waals surface area contributed by atoms with Crippen LogP contribution >= 0.6 is 0 Å². The van der Waals surface area contributed by atoms with Crippen molar-refractivity contribution in [3.8, 4) is 0 Å². The summed E-state index contributed by atoms with van der Waals surface area (Å²) in [5.41, 5.74) is 4.09. The fourth-order valence-corrected chi connectivity index (χ4v) is 3.16. The minimum atomic E-state index is -0.185. The Balaban J connectivity index is 2.03. The van der Waals surface area contributed by atoms with E-state index in [0.717, 1.165) is 13.0 Å². The maximum absolute atomic E-state index is 9.56. The average Bonchev–Trinajstić information content (AvgIpc) is 2.63. The summed E-state index contributed by atoms with van der Waals surface area (Å²) in [6, 6.07) is 7.35. The second-order valence-corrected chi connectivity index (χ2v) is 5.85. The van der Waals surface area contributed by atoms with Crippen molar-refractivity contribution in [2.24, 2.45) is 0 Å². The molecule has 2 rings (SSSR count). The molecule has 0 spiro atoms. The lowest BCUT2D eigenvalue weighted by Gasteiger charge is -2.25. The Morgan fingerprint density at radius 2 is 1.94 bits per heavy atom. The smallest absolute Gasteiger partial charge is 0.0527 e. The fourth-order valence-electron chi connectivity index (χ4n) is 3.16. The summed E-state index contributed by atoms with van der Waals surface area (Å²) in [6.07, 6.45) is 3.22. The van der Waals surface area contributed by atoms with E-state index in [-0.39, 0.29) is 6.10 Å². The average molecular weight is 247 g/mol. The Labute approximate surface area is 111 Å². The molecule has 2 unspecified atom stereocenters. The van der Waals surface area contributed by atoms with E-state index in [2.05, 4.69) is 36.9 Å². The van der Waals surface area contributed by atoms with Crippen molar-refractivity contribution in [2.45, 2.75) is 58.7 Å². The molecule has 1 heterocycles. The molecule has 100 valence electrons. The van der Waals surface area contributed by atoms with Gasteiger partial charge in [-0.15, -0.1) is 0 Å². The van der Waals surface area contributed by atoms with E-state index in [0.29, 0.717) is 6.04 Å². The maximum Gasteiger partial charge on any atom is 0.0527 e. The molecule has 0 bridgehead atoms. The summed E-state index contributed by atoms with van der Waals surface area (Å²) in [7, 11) is 0. The van der Waals surface area contributed by atoms with Crippen LogP contribution in [0.5, 0.6) is 0 Å². The van der Waals surface area contributed by atoms with E-state index >= 15 is 0 Å². The second kappa shape index (κ2) is 5.85. The Hall–Kier alpha value is -0.860. The number of likely N-dealkylation sites (tertiary alicyclic amines) is 1. The number of hydrogen-bond donors (Lipinski definition) is 1. The van der Waals surface area contributed by atoms with Gasteiger partial charge in [-0.2, -0.15) is 0 Å². The molecule has 1 aromatic rings. The predicted molar refractivity (Wildman–Crippen MR) is 75.6 cm³/mol. The van der Waals surface area contributed by atoms with Crippen molar-refractivity contribution in [1.29, 1.82) is 0 Å². The molecule has 1 aliphatic heterocycles. The Morgan fingerprint density at radius 3 is 2.56 bits per heavy atom. The van der Waals surface area contributed by atoms with Crippen LogP contribution in [-0.4, -0.2) is 28.7 Å². The Morgan fingerprint density at radius 1 is 1.28 bits per heavy atom. The molecule has 1 fully saturated rings. The van der Waals surface area contributed by atoms with Crippen LogP contribution in [0.15, 0.2) is 18.2 Å². The minimum absolute atomic E-state index is 0.185. The first kappa shape index (κ1) is 13.6. The first-order valence-corrected chi connectivity index (χ1v) is 7.04. The molecule has 0 amide bonds. The lowest BCUT2D eigenvalue weighted by Crippen LogP contribution is -2.31. The van der Waals surface area contributed by atoms with Crippen molar-refractivity contribution in [1.82, 2.24) is 4.90 Å². The van der Waals surface area contributed by atoms with Gasteiger partial charge in [0.1, 0.15) is 0 Å². The summed E-state index contributed by atoms with van der Waals surface area (Å²) < 4.78 is 0. The number of aliphatic hydroxyl groups excluding tert-OH is 1. The molecule has 1 aromatic carbocycles. The van der Waals surface area contributed by atoms with Crippen LogP contribution in [0.25, 0.3) is 0 Å². The van der Waals surface area contributed by atoms with Crippen LogP contribution < -0.4 is 0 Å². The molecule has 2 nitrogen and oxygen atoms in total. The number of hydrogen-bond acceptors (Lipinski definition) is 2. The minimum Gasteiger partial charge on any atom is -0.393 e. The fraction of sp³-hybridized carbons (Fsp3) is 0.625. The van der Waals surface area contributed by atoms with Crippen molar-refractivity contribution < 1.29 is 5.11 Å². The van der Waals surface area contributed by atoms with Gasteiger partial charge in [0, 0.05) is 12.6 Å².